The molecule has 0 aromatic carbocycles. The standard InChI is InChI=1S/C7H7ClO2S/c1-4-5(3-8)2-6(11-4)7(9)10/h2H,3H2,1H3,(H,9,10). The second-order valence-electron chi connectivity index (χ2n) is 2.13. The molecule has 0 radical (unpaired) electrons. The topological polar surface area (TPSA) is 37.3 Å². The molecule has 0 fully saturated rings. The van der Waals surface area contributed by atoms with Gasteiger partial charge in [0.1, 0.15) is 4.88 Å². The van der Waals surface area contributed by atoms with Crippen LogP contribution in [0.4, 0.5) is 0 Å². The quantitative estimate of drug-likeness (QED) is 0.728. The maximum absolute atomic E-state index is 10.4. The Morgan fingerprint density at radius 2 is 2.45 bits per heavy atom. The molecule has 0 saturated carbocycles. The van der Waals surface area contributed by atoms with Gasteiger partial charge in [-0.1, -0.05) is 0 Å². The molecule has 4 heteroatoms. The number of thiophene rings is 1. The van der Waals surface area contributed by atoms with Crippen molar-refractivity contribution in [1.82, 2.24) is 0 Å². The lowest BCUT2D eigenvalue weighted by Crippen LogP contribution is -1.90. The predicted octanol–water partition coefficient (Wildman–Crippen LogP) is 2.49. The summed E-state index contributed by atoms with van der Waals surface area (Å²) in [7, 11) is 0. The van der Waals surface area contributed by atoms with Gasteiger partial charge in [-0.2, -0.15) is 0 Å². The number of carboxylic acids is 1. The van der Waals surface area contributed by atoms with E-state index in [1.165, 1.54) is 11.3 Å². The highest BCUT2D eigenvalue weighted by Crippen LogP contribution is 2.22. The Kier molecular flexibility index (Phi) is 2.52. The lowest BCUT2D eigenvalue weighted by molar-refractivity contribution is 0.0702. The third-order valence-corrected chi connectivity index (χ3v) is 2.74. The summed E-state index contributed by atoms with van der Waals surface area (Å²) in [5, 5.41) is 8.59. The summed E-state index contributed by atoms with van der Waals surface area (Å²) < 4.78 is 0. The van der Waals surface area contributed by atoms with Crippen molar-refractivity contribution < 1.29 is 9.90 Å². The normalized spacial score (nSPS) is 10.0. The molecule has 0 amide bonds. The van der Waals surface area contributed by atoms with E-state index in [4.69, 9.17) is 16.7 Å². The number of carbonyl (C=O) groups is 1. The van der Waals surface area contributed by atoms with E-state index >= 15 is 0 Å². The summed E-state index contributed by atoms with van der Waals surface area (Å²) in [6.07, 6.45) is 0. The van der Waals surface area contributed by atoms with Crippen molar-refractivity contribution in [3.8, 4) is 0 Å². The molecular formula is C7H7ClO2S. The maximum atomic E-state index is 10.4. The summed E-state index contributed by atoms with van der Waals surface area (Å²) in [4.78, 5) is 11.8. The fourth-order valence-corrected chi connectivity index (χ4v) is 2.00. The van der Waals surface area contributed by atoms with Crippen LogP contribution in [-0.2, 0) is 5.88 Å². The second kappa shape index (κ2) is 3.24. The van der Waals surface area contributed by atoms with Crippen molar-refractivity contribution in [3.05, 3.63) is 21.4 Å². The van der Waals surface area contributed by atoms with Gasteiger partial charge in [0.05, 0.1) is 0 Å². The highest BCUT2D eigenvalue weighted by atomic mass is 35.5. The SMILES string of the molecule is Cc1sc(C(=O)O)cc1CCl. The molecule has 0 aliphatic carbocycles. The van der Waals surface area contributed by atoms with Crippen LogP contribution in [-0.4, -0.2) is 11.1 Å². The van der Waals surface area contributed by atoms with Gasteiger partial charge in [0.25, 0.3) is 0 Å². The molecule has 0 bridgehead atoms. The first-order chi connectivity index (χ1) is 5.15. The van der Waals surface area contributed by atoms with Crippen LogP contribution in [0.1, 0.15) is 20.1 Å². The van der Waals surface area contributed by atoms with Gasteiger partial charge in [0.15, 0.2) is 0 Å². The third kappa shape index (κ3) is 1.73. The Morgan fingerprint density at radius 1 is 1.82 bits per heavy atom. The molecule has 60 valence electrons. The Hall–Kier alpha value is -0.540. The molecule has 1 rings (SSSR count). The molecule has 1 aromatic heterocycles. The van der Waals surface area contributed by atoms with E-state index in [0.29, 0.717) is 10.8 Å². The van der Waals surface area contributed by atoms with Crippen LogP contribution in [0.15, 0.2) is 6.07 Å². The molecule has 0 aliphatic rings. The first kappa shape index (κ1) is 8.56. The van der Waals surface area contributed by atoms with Crippen LogP contribution in [0.2, 0.25) is 0 Å². The maximum Gasteiger partial charge on any atom is 0.345 e. The van der Waals surface area contributed by atoms with Gasteiger partial charge in [0.2, 0.25) is 0 Å². The lowest BCUT2D eigenvalue weighted by Gasteiger charge is -1.86. The molecule has 0 spiro atoms. The number of halogens is 1. The lowest BCUT2D eigenvalue weighted by atomic mass is 10.3. The molecule has 1 heterocycles. The minimum atomic E-state index is -0.880. The Bertz CT molecular complexity index is 280. The molecule has 0 saturated heterocycles. The van der Waals surface area contributed by atoms with Gasteiger partial charge < -0.3 is 5.11 Å². The number of aryl methyl sites for hydroxylation is 1. The number of rotatable bonds is 2. The minimum absolute atomic E-state index is 0.359. The van der Waals surface area contributed by atoms with E-state index in [2.05, 4.69) is 0 Å². The smallest absolute Gasteiger partial charge is 0.345 e. The minimum Gasteiger partial charge on any atom is -0.477 e. The molecule has 1 N–H and O–H groups in total. The average molecular weight is 191 g/mol. The van der Waals surface area contributed by atoms with Crippen molar-refractivity contribution in [2.45, 2.75) is 12.8 Å². The number of hydrogen-bond donors (Lipinski definition) is 1. The van der Waals surface area contributed by atoms with Gasteiger partial charge >= 0.3 is 5.97 Å². The molecule has 1 aromatic rings. The van der Waals surface area contributed by atoms with E-state index in [1.54, 1.807) is 6.07 Å². The zero-order chi connectivity index (χ0) is 8.43. The number of aromatic carboxylic acids is 1. The van der Waals surface area contributed by atoms with Crippen LogP contribution in [0.25, 0.3) is 0 Å². The fourth-order valence-electron chi connectivity index (χ4n) is 0.758. The van der Waals surface area contributed by atoms with Crippen molar-refractivity contribution in [2.24, 2.45) is 0 Å². The molecule has 11 heavy (non-hydrogen) atoms. The largest absolute Gasteiger partial charge is 0.477 e. The molecule has 0 unspecified atom stereocenters. The summed E-state index contributed by atoms with van der Waals surface area (Å²) in [6, 6.07) is 1.62. The molecular weight excluding hydrogens is 184 g/mol. The molecule has 0 atom stereocenters. The number of carboxylic acid groups (broad SMARTS) is 1. The van der Waals surface area contributed by atoms with E-state index in [9.17, 15) is 4.79 Å². The van der Waals surface area contributed by atoms with Gasteiger partial charge in [-0.3, -0.25) is 0 Å². The van der Waals surface area contributed by atoms with Crippen LogP contribution >= 0.6 is 22.9 Å². The van der Waals surface area contributed by atoms with Crippen LogP contribution in [0.3, 0.4) is 0 Å². The highest BCUT2D eigenvalue weighted by Gasteiger charge is 2.09. The van der Waals surface area contributed by atoms with Crippen molar-refractivity contribution >= 4 is 28.9 Å². The third-order valence-electron chi connectivity index (χ3n) is 1.38. The highest BCUT2D eigenvalue weighted by molar-refractivity contribution is 7.14. The van der Waals surface area contributed by atoms with Crippen molar-refractivity contribution in [3.63, 3.8) is 0 Å². The Morgan fingerprint density at radius 3 is 2.73 bits per heavy atom. The summed E-state index contributed by atoms with van der Waals surface area (Å²) in [5.41, 5.74) is 0.911. The van der Waals surface area contributed by atoms with Crippen LogP contribution in [0, 0.1) is 6.92 Å². The van der Waals surface area contributed by atoms with Crippen LogP contribution in [0.5, 0.6) is 0 Å². The van der Waals surface area contributed by atoms with E-state index in [1.807, 2.05) is 6.92 Å². The van der Waals surface area contributed by atoms with Gasteiger partial charge in [-0.15, -0.1) is 22.9 Å². The van der Waals surface area contributed by atoms with E-state index < -0.39 is 5.97 Å². The van der Waals surface area contributed by atoms with Crippen LogP contribution < -0.4 is 0 Å². The summed E-state index contributed by atoms with van der Waals surface area (Å²) in [6.45, 7) is 1.87. The summed E-state index contributed by atoms with van der Waals surface area (Å²) >= 11 is 6.83. The van der Waals surface area contributed by atoms with Crippen molar-refractivity contribution in [2.75, 3.05) is 0 Å². The molecule has 2 nitrogen and oxygen atoms in total. The fraction of sp³-hybridized carbons (Fsp3) is 0.286. The molecule has 0 aliphatic heterocycles. The zero-order valence-electron chi connectivity index (χ0n) is 5.93. The zero-order valence-corrected chi connectivity index (χ0v) is 7.50. The predicted molar refractivity (Wildman–Crippen MR) is 45.6 cm³/mol. The van der Waals surface area contributed by atoms with Gasteiger partial charge in [-0.05, 0) is 18.6 Å². The number of alkyl halides is 1. The van der Waals surface area contributed by atoms with E-state index in [0.717, 1.165) is 10.4 Å². The van der Waals surface area contributed by atoms with E-state index in [-0.39, 0.29) is 0 Å². The number of hydrogen-bond acceptors (Lipinski definition) is 2. The summed E-state index contributed by atoms with van der Waals surface area (Å²) in [5.74, 6) is -0.496. The van der Waals surface area contributed by atoms with Crippen molar-refractivity contribution in [1.29, 1.82) is 0 Å². The second-order valence-corrected chi connectivity index (χ2v) is 3.65. The van der Waals surface area contributed by atoms with Gasteiger partial charge in [-0.25, -0.2) is 4.79 Å². The first-order valence-electron chi connectivity index (χ1n) is 3.03. The first-order valence-corrected chi connectivity index (χ1v) is 4.39. The monoisotopic (exact) mass is 190 g/mol. The Balaban J connectivity index is 3.05. The van der Waals surface area contributed by atoms with Gasteiger partial charge in [0, 0.05) is 10.8 Å². The average Bonchev–Trinajstić information content (AvgIpc) is 2.31. The Labute approximate surface area is 73.4 Å².